The molecule has 5 atom stereocenters. The number of halogens is 3. The highest BCUT2D eigenvalue weighted by molar-refractivity contribution is 7.86. The number of benzene rings is 8. The molecule has 45 nitrogen and oxygen atoms in total. The molecule has 0 saturated carbocycles. The summed E-state index contributed by atoms with van der Waals surface area (Å²) in [5, 5.41) is 27.0. The smallest absolute Gasteiger partial charge is 0.414 e. The first-order chi connectivity index (χ1) is 71.2. The fraction of sp³-hybridized carbons (Fsp3) is 0.340. The summed E-state index contributed by atoms with van der Waals surface area (Å²) >= 11 is 0. The van der Waals surface area contributed by atoms with Crippen LogP contribution in [0.5, 0.6) is 0 Å². The lowest BCUT2D eigenvalue weighted by Gasteiger charge is -2.13. The first kappa shape index (κ1) is 117. The summed E-state index contributed by atoms with van der Waals surface area (Å²) in [5.41, 5.74) is 26.4. The van der Waals surface area contributed by atoms with Gasteiger partial charge in [0.25, 0.3) is 16.0 Å². The van der Waals surface area contributed by atoms with Crippen LogP contribution in [0.2, 0.25) is 0 Å². The van der Waals surface area contributed by atoms with Gasteiger partial charge in [0, 0.05) is 64.5 Å². The van der Waals surface area contributed by atoms with Crippen LogP contribution in [-0.4, -0.2) is 267 Å². The van der Waals surface area contributed by atoms with Crippen molar-refractivity contribution in [2.75, 3.05) is 154 Å². The highest BCUT2D eigenvalue weighted by Crippen LogP contribution is 2.31. The van der Waals surface area contributed by atoms with Crippen LogP contribution >= 0.6 is 0 Å². The van der Waals surface area contributed by atoms with Crippen LogP contribution in [0.3, 0.4) is 0 Å². The maximum absolute atomic E-state index is 12.6. The number of carbonyl (C=O) groups is 14. The van der Waals surface area contributed by atoms with Crippen molar-refractivity contribution in [3.05, 3.63) is 278 Å². The molecule has 5 fully saturated rings. The van der Waals surface area contributed by atoms with Gasteiger partial charge in [-0.2, -0.15) is 21.6 Å². The molecule has 9 aromatic rings. The number of cyclic esters (lactones) is 5. The van der Waals surface area contributed by atoms with Gasteiger partial charge in [-0.3, -0.25) is 38.3 Å². The van der Waals surface area contributed by atoms with Crippen molar-refractivity contribution >= 4 is 134 Å². The van der Waals surface area contributed by atoms with E-state index in [4.69, 9.17) is 84.1 Å². The molecule has 0 radical (unpaired) electrons. The number of carboxylic acids is 1. The molecule has 0 bridgehead atoms. The van der Waals surface area contributed by atoms with Crippen molar-refractivity contribution in [1.29, 1.82) is 0 Å². The Morgan fingerprint density at radius 2 is 0.799 bits per heavy atom. The normalized spacial score (nSPS) is 15.6. The van der Waals surface area contributed by atoms with Crippen LogP contribution in [-0.2, 0) is 95.3 Å². The number of hydrogen-bond acceptors (Lipinski definition) is 36. The Kier molecular flexibility index (Phi) is 46.2. The fourth-order valence-electron chi connectivity index (χ4n) is 13.8. The number of nitrogens with two attached hydrogens (primary N) is 2. The van der Waals surface area contributed by atoms with Gasteiger partial charge < -0.3 is 89.2 Å². The van der Waals surface area contributed by atoms with E-state index >= 15 is 0 Å². The fourth-order valence-corrected chi connectivity index (χ4v) is 14.2. The Morgan fingerprint density at radius 1 is 0.456 bits per heavy atom. The minimum Gasteiger partial charge on any atom is -0.478 e. The largest absolute Gasteiger partial charge is 0.478 e. The molecule has 0 aliphatic carbocycles. The predicted molar refractivity (Wildman–Crippen MR) is 529 cm³/mol. The molecule has 794 valence electrons. The number of aromatic nitrogens is 2. The van der Waals surface area contributed by atoms with E-state index in [0.29, 0.717) is 113 Å². The van der Waals surface area contributed by atoms with Gasteiger partial charge in [0.15, 0.2) is 0 Å². The number of aliphatic hydroxyl groups excluding tert-OH is 1. The Hall–Kier alpha value is -17.1. The van der Waals surface area contributed by atoms with E-state index in [-0.39, 0.29) is 132 Å². The lowest BCUT2D eigenvalue weighted by atomic mass is 10.1. The van der Waals surface area contributed by atoms with Crippen molar-refractivity contribution in [1.82, 2.24) is 15.3 Å². The molecule has 1 aromatic heterocycles. The maximum atomic E-state index is 12.6. The molecule has 0 spiro atoms. The molecule has 49 heteroatoms. The van der Waals surface area contributed by atoms with Crippen LogP contribution in [0.15, 0.2) is 212 Å². The molecular formula is C100H111F3N14O31S. The highest BCUT2D eigenvalue weighted by atomic mass is 32.2. The molecule has 14 rings (SSSR count). The van der Waals surface area contributed by atoms with Crippen LogP contribution in [0.25, 0.3) is 10.4 Å². The first-order valence-corrected chi connectivity index (χ1v) is 48.0. The number of aliphatic hydroxyl groups is 1. The lowest BCUT2D eigenvalue weighted by molar-refractivity contribution is -0.142. The number of anilines is 7. The molecule has 149 heavy (non-hydrogen) atoms. The van der Waals surface area contributed by atoms with Crippen molar-refractivity contribution in [3.8, 4) is 0 Å². The quantitative estimate of drug-likeness (QED) is 0.00408. The van der Waals surface area contributed by atoms with Gasteiger partial charge in [-0.15, -0.1) is 0 Å². The molecule has 8 N–H and O–H groups in total. The minimum atomic E-state index is -4.29. The summed E-state index contributed by atoms with van der Waals surface area (Å²) in [6, 6.07) is 51.6. The van der Waals surface area contributed by atoms with Gasteiger partial charge in [0.1, 0.15) is 37.1 Å². The zero-order valence-electron chi connectivity index (χ0n) is 82.1. The number of rotatable bonds is 35. The number of carbonyl (C=O) groups excluding carboxylic acids is 13. The van der Waals surface area contributed by atoms with E-state index in [0.717, 1.165) is 11.8 Å². The Labute approximate surface area is 852 Å². The summed E-state index contributed by atoms with van der Waals surface area (Å²) in [5.74, 6) is -4.22. The summed E-state index contributed by atoms with van der Waals surface area (Å²) in [7, 11) is -3.61. The number of esters is 7. The zero-order chi connectivity index (χ0) is 109. The first-order valence-electron chi connectivity index (χ1n) is 46.2. The van der Waals surface area contributed by atoms with Crippen LogP contribution < -0.4 is 46.6 Å². The second kappa shape index (κ2) is 58.8. The summed E-state index contributed by atoms with van der Waals surface area (Å²) in [4.78, 5) is 181. The molecule has 5 aliphatic heterocycles. The van der Waals surface area contributed by atoms with Gasteiger partial charge in [-0.1, -0.05) is 77.9 Å². The zero-order valence-corrected chi connectivity index (χ0v) is 82.9. The Bertz CT molecular complexity index is 6230. The summed E-state index contributed by atoms with van der Waals surface area (Å²) < 4.78 is 124. The molecule has 5 aliphatic rings. The van der Waals surface area contributed by atoms with Gasteiger partial charge in [-0.25, -0.2) is 67.5 Å². The number of alkyl halides is 3. The second-order valence-electron chi connectivity index (χ2n) is 31.6. The summed E-state index contributed by atoms with van der Waals surface area (Å²) in [6.07, 6.45) is -7.13. The van der Waals surface area contributed by atoms with E-state index in [9.17, 15) is 88.7 Å². The molecule has 6 heterocycles. The maximum Gasteiger partial charge on any atom is 0.414 e. The number of nitrogen functional groups attached to an aromatic ring is 1. The van der Waals surface area contributed by atoms with Crippen LogP contribution in [0, 0.1) is 0 Å². The number of ether oxygens (including phenoxy) is 12. The van der Waals surface area contributed by atoms with E-state index < -0.39 is 113 Å². The third-order valence-electron chi connectivity index (χ3n) is 20.5. The molecule has 6 amide bonds. The topological polar surface area (TPSA) is 600 Å². The number of hydrogen-bond donors (Lipinski definition) is 6. The standard InChI is InChI=1S/C25H22F3N5O5.C14H17NO7S.C13H14N4O4.C13H16N2O4.C13H15NO5.C13H16O4.C9H11NO2/c26-25(27,28)9-15-3-1-4-16(7-15)10-30-23-31-11-18(12-32-23)21(34)29-13-20-14-33(24(37)38-20)19-6-2-5-17(8-19)22(35)36;1-3-20-13(16)10-5-4-6-11(7-10)15-8-12(22-14(15)17)9-21-23(2,18)19;1-2-20-12(18)9-4-3-5-10(6-9)17-8-11(7-15-16-14)21-13(17)19;1-2-18-12(16)9-4-3-5-10(6-9)15-8-11(7-14)19-13(15)17;1-2-18-12(16)9-4-3-5-10(6-9)14-7-11(8-15)19-13(14)17;1-3-16-12(14)9-10-6-5-7-11(8-10)13(15)17-4-2;1-2-12-9(11)7-4-3-5-8(10)6-7/h1-8,11-12,20H,9-10,13-14H2,(H,29,34)(H,35,36)(H,30,31,32);4-7,12H,3,8-9H2,1-2H3;3-6,11H,2,7-8H2,1H3;3-6,11H,2,7-8,14H2,1H3;3-6,11,15H,2,7-8H2,1H3;5-8H,3-4,9H2,1-2H3;3-6H,2,10H2,1H3/t;12-;3*11-;;/m.1001../s1. The molecule has 5 saturated heterocycles. The number of azide groups is 1. The van der Waals surface area contributed by atoms with Crippen molar-refractivity contribution < 1.29 is 160 Å². The average Bonchev–Trinajstić information content (AvgIpc) is 1.71. The number of nitrogens with one attached hydrogen (secondary N) is 2. The Morgan fingerprint density at radius 3 is 1.19 bits per heavy atom. The Balaban J connectivity index is 0.000000218. The number of amides is 6. The van der Waals surface area contributed by atoms with Gasteiger partial charge >= 0.3 is 84.4 Å². The lowest BCUT2D eigenvalue weighted by Crippen LogP contribution is -2.34. The van der Waals surface area contributed by atoms with Crippen LogP contribution in [0.4, 0.5) is 77.2 Å². The molecular weight excluding hydrogens is 1980 g/mol. The number of nitrogens with zero attached hydrogens (tertiary/aromatic N) is 10. The van der Waals surface area contributed by atoms with E-state index in [1.165, 1.54) is 73.3 Å². The average molecular weight is 2090 g/mol. The molecule has 8 aromatic carbocycles. The highest BCUT2D eigenvalue weighted by Gasteiger charge is 2.39. The van der Waals surface area contributed by atoms with Gasteiger partial charge in [0.05, 0.1) is 162 Å². The van der Waals surface area contributed by atoms with Crippen molar-refractivity contribution in [3.63, 3.8) is 0 Å². The number of aromatic carboxylic acids is 1. The third kappa shape index (κ3) is 38.1. The third-order valence-corrected chi connectivity index (χ3v) is 21.0. The van der Waals surface area contributed by atoms with Crippen molar-refractivity contribution in [2.45, 2.75) is 105 Å². The minimum absolute atomic E-state index is 0.00790. The van der Waals surface area contributed by atoms with E-state index in [1.807, 2.05) is 0 Å². The van der Waals surface area contributed by atoms with Crippen LogP contribution in [0.1, 0.15) is 148 Å². The SMILES string of the molecule is CCOC(=O)Cc1cccc(C(=O)OCC)c1.CCOC(=O)c1cccc(N)c1.CCOC(=O)c1cccc(N2C[C@H](CN)OC2=O)c1.CCOC(=O)c1cccc(N2C[C@H](CN=[N+]=[N-])OC2=O)c1.CCOC(=O)c1cccc(N2C[C@H](CO)OC2=O)c1.CCOC(=O)c1cccc(N2C[C@H](COS(C)(=O)=O)OC2=O)c1.O=C(O)c1cccc(N2CC(CNC(=O)c3cnc(NCc4cccc(CC(F)(F)F)c4)nc3)OC2=O)c1. The molecule has 1 unspecified atom stereocenters. The summed E-state index contributed by atoms with van der Waals surface area (Å²) in [6.45, 7) is 15.6. The van der Waals surface area contributed by atoms with E-state index in [1.54, 1.807) is 206 Å². The number of carboxylic acid groups (broad SMARTS) is 1. The second-order valence-corrected chi connectivity index (χ2v) is 33.2. The van der Waals surface area contributed by atoms with Gasteiger partial charge in [0.2, 0.25) is 5.95 Å². The van der Waals surface area contributed by atoms with Crippen molar-refractivity contribution in [2.24, 2.45) is 10.8 Å². The predicted octanol–water partition coefficient (Wildman–Crippen LogP) is 13.1. The van der Waals surface area contributed by atoms with Gasteiger partial charge in [-0.05, 0) is 192 Å². The van der Waals surface area contributed by atoms with E-state index in [2.05, 4.69) is 34.8 Å². The monoisotopic (exact) mass is 2090 g/mol.